The van der Waals surface area contributed by atoms with Crippen LogP contribution in [0.25, 0.3) is 33.4 Å². The molecule has 4 saturated carbocycles. The van der Waals surface area contributed by atoms with E-state index in [2.05, 4.69) is 78.9 Å². The molecule has 0 N–H and O–H groups in total. The Hall–Kier alpha value is -2.83. The monoisotopic (exact) mass is 472 g/mol. The van der Waals surface area contributed by atoms with Gasteiger partial charge in [-0.25, -0.2) is 0 Å². The normalized spacial score (nSPS) is 29.4. The van der Waals surface area contributed by atoms with Crippen LogP contribution in [0.1, 0.15) is 43.2 Å². The molecule has 0 radical (unpaired) electrons. The van der Waals surface area contributed by atoms with Crippen molar-refractivity contribution in [3.63, 3.8) is 0 Å². The number of fused-ring (bicyclic) bond motifs is 3. The summed E-state index contributed by atoms with van der Waals surface area (Å²) in [6.45, 7) is 0. The minimum Gasteiger partial charge on any atom is -0.0843 e. The smallest absolute Gasteiger partial charge is 0.0412 e. The SMILES string of the molecule is Clc1cccc(-c2cccc(-c3cccc4c3-c3ccccc3C43C4CC5CC(C4)CC3C5)c2)c1. The Morgan fingerprint density at radius 3 is 1.91 bits per heavy atom. The summed E-state index contributed by atoms with van der Waals surface area (Å²) in [7, 11) is 0. The van der Waals surface area contributed by atoms with E-state index in [4.69, 9.17) is 11.6 Å². The van der Waals surface area contributed by atoms with E-state index in [9.17, 15) is 0 Å². The van der Waals surface area contributed by atoms with E-state index in [0.29, 0.717) is 0 Å². The number of halogens is 1. The lowest BCUT2D eigenvalue weighted by molar-refractivity contribution is -0.0399. The molecule has 5 aliphatic rings. The van der Waals surface area contributed by atoms with Crippen molar-refractivity contribution in [1.29, 1.82) is 0 Å². The van der Waals surface area contributed by atoms with Gasteiger partial charge in [0.1, 0.15) is 0 Å². The molecule has 0 unspecified atom stereocenters. The van der Waals surface area contributed by atoms with Crippen molar-refractivity contribution in [3.05, 3.63) is 107 Å². The maximum atomic E-state index is 6.33. The summed E-state index contributed by atoms with van der Waals surface area (Å²) in [5.41, 5.74) is 11.5. The zero-order chi connectivity index (χ0) is 23.1. The Labute approximate surface area is 213 Å². The van der Waals surface area contributed by atoms with Gasteiger partial charge in [-0.1, -0.05) is 84.4 Å². The van der Waals surface area contributed by atoms with Crippen LogP contribution in [-0.2, 0) is 5.41 Å². The fourth-order valence-corrected chi connectivity index (χ4v) is 9.17. The quantitative estimate of drug-likeness (QED) is 0.272. The van der Waals surface area contributed by atoms with Gasteiger partial charge >= 0.3 is 0 Å². The molecule has 172 valence electrons. The predicted octanol–water partition coefficient (Wildman–Crippen LogP) is 9.40. The Balaban J connectivity index is 1.35. The van der Waals surface area contributed by atoms with Gasteiger partial charge < -0.3 is 0 Å². The van der Waals surface area contributed by atoms with Crippen molar-refractivity contribution >= 4 is 11.6 Å². The Kier molecular flexibility index (Phi) is 4.27. The number of rotatable bonds is 2. The summed E-state index contributed by atoms with van der Waals surface area (Å²) in [5.74, 6) is 3.54. The van der Waals surface area contributed by atoms with E-state index in [1.807, 2.05) is 12.1 Å². The lowest BCUT2D eigenvalue weighted by Gasteiger charge is -2.61. The minimum absolute atomic E-state index is 0.222. The highest BCUT2D eigenvalue weighted by molar-refractivity contribution is 6.30. The Morgan fingerprint density at radius 1 is 0.543 bits per heavy atom. The van der Waals surface area contributed by atoms with Gasteiger partial charge in [0.2, 0.25) is 0 Å². The van der Waals surface area contributed by atoms with Crippen LogP contribution in [0.4, 0.5) is 0 Å². The lowest BCUT2D eigenvalue weighted by Crippen LogP contribution is -2.55. The highest BCUT2D eigenvalue weighted by Gasteiger charge is 2.61. The number of hydrogen-bond donors (Lipinski definition) is 0. The second kappa shape index (κ2) is 7.34. The van der Waals surface area contributed by atoms with E-state index in [0.717, 1.165) is 28.7 Å². The van der Waals surface area contributed by atoms with Crippen LogP contribution in [0, 0.1) is 23.7 Å². The average molecular weight is 473 g/mol. The topological polar surface area (TPSA) is 0 Å². The van der Waals surface area contributed by atoms with Crippen molar-refractivity contribution in [2.75, 3.05) is 0 Å². The van der Waals surface area contributed by atoms with Crippen molar-refractivity contribution in [3.8, 4) is 33.4 Å². The molecule has 4 aromatic carbocycles. The van der Waals surface area contributed by atoms with Crippen LogP contribution in [0.2, 0.25) is 5.02 Å². The molecule has 5 aliphatic carbocycles. The van der Waals surface area contributed by atoms with Crippen molar-refractivity contribution in [2.24, 2.45) is 23.7 Å². The van der Waals surface area contributed by atoms with Crippen molar-refractivity contribution < 1.29 is 0 Å². The Bertz CT molecular complexity index is 1450. The molecule has 1 heteroatoms. The molecule has 0 aromatic heterocycles. The summed E-state index contributed by atoms with van der Waals surface area (Å²) < 4.78 is 0. The molecule has 1 spiro atoms. The van der Waals surface area contributed by atoms with Gasteiger partial charge in [-0.15, -0.1) is 0 Å². The highest BCUT2D eigenvalue weighted by Crippen LogP contribution is 2.69. The van der Waals surface area contributed by atoms with Gasteiger partial charge in [0.05, 0.1) is 0 Å². The lowest BCUT2D eigenvalue weighted by atomic mass is 9.43. The molecule has 0 saturated heterocycles. The van der Waals surface area contributed by atoms with Crippen molar-refractivity contribution in [2.45, 2.75) is 37.5 Å². The van der Waals surface area contributed by atoms with Crippen LogP contribution >= 0.6 is 11.6 Å². The van der Waals surface area contributed by atoms with E-state index in [1.165, 1.54) is 65.5 Å². The second-order valence-electron chi connectivity index (χ2n) is 11.5. The van der Waals surface area contributed by atoms with Crippen LogP contribution in [0.5, 0.6) is 0 Å². The summed E-state index contributed by atoms with van der Waals surface area (Å²) in [5, 5.41) is 0.784. The summed E-state index contributed by atoms with van der Waals surface area (Å²) >= 11 is 6.33. The van der Waals surface area contributed by atoms with Gasteiger partial charge in [-0.05, 0) is 118 Å². The van der Waals surface area contributed by atoms with Gasteiger partial charge in [0.25, 0.3) is 0 Å². The molecule has 4 aromatic rings. The van der Waals surface area contributed by atoms with E-state index < -0.39 is 0 Å². The first-order valence-corrected chi connectivity index (χ1v) is 13.7. The van der Waals surface area contributed by atoms with E-state index in [-0.39, 0.29) is 5.41 Å². The molecular formula is C34H29Cl. The summed E-state index contributed by atoms with van der Waals surface area (Å²) in [4.78, 5) is 0. The molecular weight excluding hydrogens is 444 g/mol. The fourth-order valence-electron chi connectivity index (χ4n) is 8.98. The third kappa shape index (κ3) is 2.75. The fraction of sp³-hybridized carbons (Fsp3) is 0.294. The van der Waals surface area contributed by atoms with Gasteiger partial charge in [0.15, 0.2) is 0 Å². The van der Waals surface area contributed by atoms with Crippen LogP contribution in [-0.4, -0.2) is 0 Å². The minimum atomic E-state index is 0.222. The molecule has 0 amide bonds. The molecule has 4 bridgehead atoms. The molecule has 35 heavy (non-hydrogen) atoms. The summed E-state index contributed by atoms with van der Waals surface area (Å²) in [6, 6.07) is 33.8. The maximum Gasteiger partial charge on any atom is 0.0412 e. The predicted molar refractivity (Wildman–Crippen MR) is 146 cm³/mol. The molecule has 4 fully saturated rings. The first-order valence-electron chi connectivity index (χ1n) is 13.3. The van der Waals surface area contributed by atoms with Gasteiger partial charge in [-0.3, -0.25) is 0 Å². The third-order valence-electron chi connectivity index (χ3n) is 9.91. The number of hydrogen-bond acceptors (Lipinski definition) is 0. The second-order valence-corrected chi connectivity index (χ2v) is 12.0. The number of benzene rings is 4. The Morgan fingerprint density at radius 2 is 1.14 bits per heavy atom. The van der Waals surface area contributed by atoms with Crippen molar-refractivity contribution in [1.82, 2.24) is 0 Å². The largest absolute Gasteiger partial charge is 0.0843 e. The molecule has 0 aliphatic heterocycles. The first kappa shape index (κ1) is 20.4. The summed E-state index contributed by atoms with van der Waals surface area (Å²) in [6.07, 6.45) is 7.20. The van der Waals surface area contributed by atoms with Gasteiger partial charge in [-0.2, -0.15) is 0 Å². The molecule has 0 nitrogen and oxygen atoms in total. The highest BCUT2D eigenvalue weighted by atomic mass is 35.5. The van der Waals surface area contributed by atoms with Gasteiger partial charge in [0, 0.05) is 10.4 Å². The van der Waals surface area contributed by atoms with Crippen LogP contribution in [0.3, 0.4) is 0 Å². The van der Waals surface area contributed by atoms with E-state index >= 15 is 0 Å². The molecule has 0 heterocycles. The van der Waals surface area contributed by atoms with Crippen LogP contribution in [0.15, 0.2) is 91.0 Å². The zero-order valence-corrected chi connectivity index (χ0v) is 20.6. The first-order chi connectivity index (χ1) is 17.2. The maximum absolute atomic E-state index is 6.33. The van der Waals surface area contributed by atoms with E-state index in [1.54, 1.807) is 11.1 Å². The molecule has 9 rings (SSSR count). The van der Waals surface area contributed by atoms with Crippen LogP contribution < -0.4 is 0 Å². The molecule has 0 atom stereocenters. The third-order valence-corrected chi connectivity index (χ3v) is 10.1. The zero-order valence-electron chi connectivity index (χ0n) is 19.9. The average Bonchev–Trinajstić information content (AvgIpc) is 3.18. The standard InChI is InChI=1S/C34H29Cl/c35-28-9-4-7-24(20-28)23-6-3-8-25(19-23)29-11-5-13-32-33(29)30-10-1-2-12-31(30)34(32)26-15-21-14-22(17-26)18-27(34)16-21/h1-13,19-22,26-27H,14-18H2.